The third-order valence-corrected chi connectivity index (χ3v) is 3.28. The smallest absolute Gasteiger partial charge is 0.191 e. The van der Waals surface area contributed by atoms with Crippen LogP contribution in [0.5, 0.6) is 0 Å². The minimum atomic E-state index is 0.0450. The van der Waals surface area contributed by atoms with Gasteiger partial charge in [0.2, 0.25) is 0 Å². The normalized spacial score (nSPS) is 13.9. The van der Waals surface area contributed by atoms with E-state index in [0.717, 1.165) is 12.5 Å². The van der Waals surface area contributed by atoms with Crippen LogP contribution < -0.4 is 10.6 Å². The van der Waals surface area contributed by atoms with Gasteiger partial charge in [0.25, 0.3) is 0 Å². The summed E-state index contributed by atoms with van der Waals surface area (Å²) in [5.74, 6) is 0.804. The van der Waals surface area contributed by atoms with Crippen LogP contribution >= 0.6 is 0 Å². The molecule has 1 rings (SSSR count). The molecule has 0 heterocycles. The summed E-state index contributed by atoms with van der Waals surface area (Å²) in [6.07, 6.45) is 0. The maximum Gasteiger partial charge on any atom is 0.191 e. The molecular weight excluding hydrogens is 250 g/mol. The molecule has 2 N–H and O–H groups in total. The molecule has 0 aromatic heterocycles. The molecular formula is C16H27N3O. The van der Waals surface area contributed by atoms with Crippen molar-refractivity contribution in [3.8, 4) is 0 Å². The van der Waals surface area contributed by atoms with Gasteiger partial charge >= 0.3 is 0 Å². The number of benzene rings is 1. The first-order valence-electron chi connectivity index (χ1n) is 7.01. The minimum Gasteiger partial charge on any atom is -0.383 e. The van der Waals surface area contributed by atoms with Crippen LogP contribution in [0.1, 0.15) is 26.3 Å². The summed E-state index contributed by atoms with van der Waals surface area (Å²) < 4.78 is 5.12. The van der Waals surface area contributed by atoms with Gasteiger partial charge in [-0.3, -0.25) is 4.99 Å². The zero-order chi connectivity index (χ0) is 15.0. The molecule has 0 aliphatic carbocycles. The number of ether oxygens (including phenoxy) is 1. The van der Waals surface area contributed by atoms with Crippen LogP contribution in [-0.4, -0.2) is 39.3 Å². The highest BCUT2D eigenvalue weighted by molar-refractivity contribution is 5.80. The number of aliphatic imine (C=N–C) groups is 1. The van der Waals surface area contributed by atoms with Gasteiger partial charge in [-0.2, -0.15) is 0 Å². The number of guanidine groups is 1. The Hall–Kier alpha value is -1.55. The van der Waals surface area contributed by atoms with Crippen molar-refractivity contribution in [1.29, 1.82) is 0 Å². The Morgan fingerprint density at radius 3 is 2.50 bits per heavy atom. The van der Waals surface area contributed by atoms with E-state index in [2.05, 4.69) is 60.7 Å². The topological polar surface area (TPSA) is 45.7 Å². The van der Waals surface area contributed by atoms with Crippen molar-refractivity contribution in [3.05, 3.63) is 35.9 Å². The summed E-state index contributed by atoms with van der Waals surface area (Å²) in [4.78, 5) is 4.25. The highest BCUT2D eigenvalue weighted by Gasteiger charge is 2.20. The second-order valence-corrected chi connectivity index (χ2v) is 5.68. The van der Waals surface area contributed by atoms with Gasteiger partial charge in [0.05, 0.1) is 6.61 Å². The number of hydrogen-bond donors (Lipinski definition) is 2. The first-order chi connectivity index (χ1) is 9.49. The molecule has 1 atom stereocenters. The predicted molar refractivity (Wildman–Crippen MR) is 85.3 cm³/mol. The molecule has 0 saturated carbocycles. The van der Waals surface area contributed by atoms with Crippen LogP contribution in [0.2, 0.25) is 0 Å². The summed E-state index contributed by atoms with van der Waals surface area (Å²) in [7, 11) is 3.48. The maximum absolute atomic E-state index is 5.12. The molecule has 1 unspecified atom stereocenters. The molecule has 0 aliphatic heterocycles. The Kier molecular flexibility index (Phi) is 6.52. The lowest BCUT2D eigenvalue weighted by molar-refractivity contribution is 0.179. The molecule has 0 saturated heterocycles. The van der Waals surface area contributed by atoms with Crippen molar-refractivity contribution in [2.45, 2.75) is 32.2 Å². The van der Waals surface area contributed by atoms with Crippen LogP contribution in [0.25, 0.3) is 0 Å². The molecule has 4 nitrogen and oxygen atoms in total. The van der Waals surface area contributed by atoms with Crippen LogP contribution in [-0.2, 0) is 10.2 Å². The van der Waals surface area contributed by atoms with E-state index in [-0.39, 0.29) is 11.5 Å². The Morgan fingerprint density at radius 2 is 1.95 bits per heavy atom. The first kappa shape index (κ1) is 16.5. The molecule has 0 aliphatic rings. The average Bonchev–Trinajstić information content (AvgIpc) is 2.44. The molecule has 4 heteroatoms. The van der Waals surface area contributed by atoms with Gasteiger partial charge < -0.3 is 15.4 Å². The Bertz CT molecular complexity index is 415. The zero-order valence-corrected chi connectivity index (χ0v) is 13.2. The fraction of sp³-hybridized carbons (Fsp3) is 0.562. The minimum absolute atomic E-state index is 0.0450. The highest BCUT2D eigenvalue weighted by Crippen LogP contribution is 2.21. The van der Waals surface area contributed by atoms with E-state index in [0.29, 0.717) is 6.61 Å². The van der Waals surface area contributed by atoms with E-state index in [1.165, 1.54) is 5.56 Å². The van der Waals surface area contributed by atoms with Crippen molar-refractivity contribution in [2.24, 2.45) is 4.99 Å². The largest absolute Gasteiger partial charge is 0.383 e. The molecule has 1 aromatic carbocycles. The van der Waals surface area contributed by atoms with E-state index < -0.39 is 0 Å². The fourth-order valence-electron chi connectivity index (χ4n) is 2.02. The van der Waals surface area contributed by atoms with Gasteiger partial charge in [0.1, 0.15) is 0 Å². The number of rotatable bonds is 6. The lowest BCUT2D eigenvalue weighted by atomic mass is 9.85. The SMILES string of the molecule is CN=C(NCC(C)(C)c1ccccc1)NC(C)COC. The monoisotopic (exact) mass is 277 g/mol. The van der Waals surface area contributed by atoms with E-state index in [1.54, 1.807) is 14.2 Å². The Morgan fingerprint density at radius 1 is 1.30 bits per heavy atom. The third kappa shape index (κ3) is 5.21. The fourth-order valence-corrected chi connectivity index (χ4v) is 2.02. The highest BCUT2D eigenvalue weighted by atomic mass is 16.5. The maximum atomic E-state index is 5.12. The van der Waals surface area contributed by atoms with Crippen molar-refractivity contribution < 1.29 is 4.74 Å². The van der Waals surface area contributed by atoms with Gasteiger partial charge in [0, 0.05) is 32.2 Å². The Balaban J connectivity index is 2.56. The lowest BCUT2D eigenvalue weighted by Gasteiger charge is -2.27. The van der Waals surface area contributed by atoms with Crippen LogP contribution in [0.15, 0.2) is 35.3 Å². The third-order valence-electron chi connectivity index (χ3n) is 3.28. The van der Waals surface area contributed by atoms with E-state index >= 15 is 0 Å². The van der Waals surface area contributed by atoms with Gasteiger partial charge in [-0.15, -0.1) is 0 Å². The molecule has 0 fully saturated rings. The molecule has 112 valence electrons. The van der Waals surface area contributed by atoms with Crippen molar-refractivity contribution in [3.63, 3.8) is 0 Å². The number of nitrogens with zero attached hydrogens (tertiary/aromatic N) is 1. The van der Waals surface area contributed by atoms with Crippen LogP contribution in [0.4, 0.5) is 0 Å². The summed E-state index contributed by atoms with van der Waals surface area (Å²) >= 11 is 0. The summed E-state index contributed by atoms with van der Waals surface area (Å²) in [6.45, 7) is 7.99. The lowest BCUT2D eigenvalue weighted by Crippen LogP contribution is -2.47. The van der Waals surface area contributed by atoms with E-state index in [4.69, 9.17) is 4.74 Å². The molecule has 1 aromatic rings. The standard InChI is InChI=1S/C16H27N3O/c1-13(11-20-5)19-15(17-4)18-12-16(2,3)14-9-7-6-8-10-14/h6-10,13H,11-12H2,1-5H3,(H2,17,18,19). The van der Waals surface area contributed by atoms with E-state index in [9.17, 15) is 0 Å². The summed E-state index contributed by atoms with van der Waals surface area (Å²) in [6, 6.07) is 10.7. The molecule has 0 amide bonds. The van der Waals surface area contributed by atoms with Crippen molar-refractivity contribution >= 4 is 5.96 Å². The first-order valence-corrected chi connectivity index (χ1v) is 7.01. The zero-order valence-electron chi connectivity index (χ0n) is 13.2. The van der Waals surface area contributed by atoms with Gasteiger partial charge in [-0.25, -0.2) is 0 Å². The van der Waals surface area contributed by atoms with Crippen molar-refractivity contribution in [2.75, 3.05) is 27.3 Å². The summed E-state index contributed by atoms with van der Waals surface area (Å²) in [5, 5.41) is 6.69. The quantitative estimate of drug-likeness (QED) is 0.619. The van der Waals surface area contributed by atoms with Crippen LogP contribution in [0, 0.1) is 0 Å². The van der Waals surface area contributed by atoms with Crippen LogP contribution in [0.3, 0.4) is 0 Å². The molecule has 0 spiro atoms. The second-order valence-electron chi connectivity index (χ2n) is 5.68. The molecule has 0 bridgehead atoms. The predicted octanol–water partition coefficient (Wildman–Crippen LogP) is 2.16. The number of nitrogens with one attached hydrogen (secondary N) is 2. The Labute approximate surface area is 122 Å². The average molecular weight is 277 g/mol. The van der Waals surface area contributed by atoms with E-state index in [1.807, 2.05) is 6.07 Å². The number of methoxy groups -OCH3 is 1. The molecule has 20 heavy (non-hydrogen) atoms. The van der Waals surface area contributed by atoms with Crippen molar-refractivity contribution in [1.82, 2.24) is 10.6 Å². The number of hydrogen-bond acceptors (Lipinski definition) is 2. The van der Waals surface area contributed by atoms with Gasteiger partial charge in [0.15, 0.2) is 5.96 Å². The second kappa shape index (κ2) is 7.90. The van der Waals surface area contributed by atoms with Gasteiger partial charge in [-0.05, 0) is 12.5 Å². The summed E-state index contributed by atoms with van der Waals surface area (Å²) in [5.41, 5.74) is 1.36. The van der Waals surface area contributed by atoms with Gasteiger partial charge in [-0.1, -0.05) is 44.2 Å². The molecule has 0 radical (unpaired) electrons.